The van der Waals surface area contributed by atoms with Crippen molar-refractivity contribution in [3.8, 4) is 11.8 Å². The zero-order chi connectivity index (χ0) is 12.7. The lowest BCUT2D eigenvalue weighted by Crippen LogP contribution is -2.24. The molecular formula is C13H16N2O2. The Hall–Kier alpha value is -2.02. The molecule has 90 valence electrons. The minimum atomic E-state index is -0.224. The molecule has 0 bridgehead atoms. The van der Waals surface area contributed by atoms with Gasteiger partial charge in [0.05, 0.1) is 13.2 Å². The average Bonchev–Trinajstić information content (AvgIpc) is 2.29. The molecule has 1 aromatic carbocycles. The van der Waals surface area contributed by atoms with Crippen LogP contribution in [0.5, 0.6) is 5.75 Å². The van der Waals surface area contributed by atoms with Crippen LogP contribution in [0.2, 0.25) is 0 Å². The molecule has 1 N–H and O–H groups in total. The van der Waals surface area contributed by atoms with Gasteiger partial charge in [-0.25, -0.2) is 0 Å². The van der Waals surface area contributed by atoms with Gasteiger partial charge in [0.15, 0.2) is 0 Å². The Morgan fingerprint density at radius 1 is 1.53 bits per heavy atom. The van der Waals surface area contributed by atoms with Crippen molar-refractivity contribution in [1.29, 1.82) is 5.26 Å². The maximum Gasteiger partial charge on any atom is 0.234 e. The first kappa shape index (κ1) is 13.0. The van der Waals surface area contributed by atoms with Crippen LogP contribution in [0.3, 0.4) is 0 Å². The Balaban J connectivity index is 2.45. The molecule has 4 heteroatoms. The summed E-state index contributed by atoms with van der Waals surface area (Å²) in [4.78, 5) is 11.0. The Morgan fingerprint density at radius 2 is 2.29 bits per heavy atom. The van der Waals surface area contributed by atoms with Gasteiger partial charge in [-0.05, 0) is 30.5 Å². The third-order valence-corrected chi connectivity index (χ3v) is 2.43. The van der Waals surface area contributed by atoms with E-state index in [1.54, 1.807) is 7.11 Å². The fourth-order valence-corrected chi connectivity index (χ4v) is 1.58. The second kappa shape index (κ2) is 6.54. The van der Waals surface area contributed by atoms with Crippen molar-refractivity contribution in [2.75, 3.05) is 13.7 Å². The average molecular weight is 232 g/mol. The number of methoxy groups -OCH3 is 1. The predicted molar refractivity (Wildman–Crippen MR) is 64.7 cm³/mol. The second-order valence-corrected chi connectivity index (χ2v) is 3.74. The number of benzene rings is 1. The maximum absolute atomic E-state index is 11.0. The van der Waals surface area contributed by atoms with Gasteiger partial charge in [-0.3, -0.25) is 4.79 Å². The molecule has 1 rings (SSSR count). The monoisotopic (exact) mass is 232 g/mol. The number of carbonyl (C=O) groups excluding carboxylic acids is 1. The quantitative estimate of drug-likeness (QED) is 0.838. The van der Waals surface area contributed by atoms with Gasteiger partial charge in [0.2, 0.25) is 5.91 Å². The van der Waals surface area contributed by atoms with Crippen LogP contribution >= 0.6 is 0 Å². The van der Waals surface area contributed by atoms with Crippen molar-refractivity contribution >= 4 is 5.91 Å². The fourth-order valence-electron chi connectivity index (χ4n) is 1.58. The molecule has 0 radical (unpaired) electrons. The number of carbonyl (C=O) groups is 1. The van der Waals surface area contributed by atoms with Crippen molar-refractivity contribution in [2.24, 2.45) is 0 Å². The standard InChI is InChI=1S/C13H16N2O2/c1-10-9-11(3-4-12(10)17-2)6-8-15-13(16)5-7-14/h3-4,9H,5-6,8H2,1-2H3,(H,15,16). The van der Waals surface area contributed by atoms with Crippen LogP contribution in [0.1, 0.15) is 17.5 Å². The zero-order valence-electron chi connectivity index (χ0n) is 10.1. The minimum Gasteiger partial charge on any atom is -0.496 e. The summed E-state index contributed by atoms with van der Waals surface area (Å²) in [6.45, 7) is 2.53. The Kier molecular flexibility index (Phi) is 5.02. The summed E-state index contributed by atoms with van der Waals surface area (Å²) in [6, 6.07) is 7.74. The third-order valence-electron chi connectivity index (χ3n) is 2.43. The molecule has 0 atom stereocenters. The van der Waals surface area contributed by atoms with E-state index in [-0.39, 0.29) is 12.3 Å². The van der Waals surface area contributed by atoms with E-state index in [0.29, 0.717) is 6.54 Å². The first-order chi connectivity index (χ1) is 8.17. The third kappa shape index (κ3) is 4.15. The highest BCUT2D eigenvalue weighted by Gasteiger charge is 2.02. The molecule has 0 aliphatic carbocycles. The number of nitrogens with one attached hydrogen (secondary N) is 1. The number of rotatable bonds is 5. The van der Waals surface area contributed by atoms with E-state index in [2.05, 4.69) is 5.32 Å². The Morgan fingerprint density at radius 3 is 2.88 bits per heavy atom. The molecule has 0 fully saturated rings. The van der Waals surface area contributed by atoms with Gasteiger partial charge in [-0.2, -0.15) is 5.26 Å². The van der Waals surface area contributed by atoms with Crippen molar-refractivity contribution in [3.63, 3.8) is 0 Å². The Bertz CT molecular complexity index is 436. The topological polar surface area (TPSA) is 62.1 Å². The molecule has 0 aliphatic rings. The van der Waals surface area contributed by atoms with Crippen molar-refractivity contribution in [1.82, 2.24) is 5.32 Å². The number of nitrogens with zero attached hydrogens (tertiary/aromatic N) is 1. The van der Waals surface area contributed by atoms with Gasteiger partial charge < -0.3 is 10.1 Å². The van der Waals surface area contributed by atoms with E-state index in [0.717, 1.165) is 23.3 Å². The summed E-state index contributed by atoms with van der Waals surface area (Å²) in [5.74, 6) is 0.639. The van der Waals surface area contributed by atoms with E-state index in [1.165, 1.54) is 0 Å². The molecule has 0 aromatic heterocycles. The molecular weight excluding hydrogens is 216 g/mol. The molecule has 0 aliphatic heterocycles. The van der Waals surface area contributed by atoms with E-state index < -0.39 is 0 Å². The zero-order valence-corrected chi connectivity index (χ0v) is 10.1. The van der Waals surface area contributed by atoms with Crippen LogP contribution in [0, 0.1) is 18.3 Å². The van der Waals surface area contributed by atoms with Crippen LogP contribution in [-0.4, -0.2) is 19.6 Å². The number of ether oxygens (including phenoxy) is 1. The van der Waals surface area contributed by atoms with Crippen LogP contribution < -0.4 is 10.1 Å². The van der Waals surface area contributed by atoms with E-state index in [4.69, 9.17) is 10.00 Å². The molecule has 0 heterocycles. The molecule has 1 aromatic rings. The molecule has 4 nitrogen and oxygen atoms in total. The lowest BCUT2D eigenvalue weighted by Gasteiger charge is -2.07. The van der Waals surface area contributed by atoms with Crippen molar-refractivity contribution in [3.05, 3.63) is 29.3 Å². The summed E-state index contributed by atoms with van der Waals surface area (Å²) in [5, 5.41) is 11.0. The first-order valence-corrected chi connectivity index (χ1v) is 5.44. The normalized spacial score (nSPS) is 9.47. The predicted octanol–water partition coefficient (Wildman–Crippen LogP) is 1.58. The van der Waals surface area contributed by atoms with Gasteiger partial charge in [-0.15, -0.1) is 0 Å². The van der Waals surface area contributed by atoms with Gasteiger partial charge in [-0.1, -0.05) is 12.1 Å². The minimum absolute atomic E-state index is 0.0817. The Labute approximate surface area is 101 Å². The van der Waals surface area contributed by atoms with Crippen LogP contribution in [-0.2, 0) is 11.2 Å². The number of amides is 1. The number of hydrogen-bond donors (Lipinski definition) is 1. The summed E-state index contributed by atoms with van der Waals surface area (Å²) >= 11 is 0. The number of aryl methyl sites for hydroxylation is 1. The summed E-state index contributed by atoms with van der Waals surface area (Å²) in [6.07, 6.45) is 0.670. The van der Waals surface area contributed by atoms with Gasteiger partial charge in [0, 0.05) is 6.54 Å². The summed E-state index contributed by atoms with van der Waals surface area (Å²) in [7, 11) is 1.64. The largest absolute Gasteiger partial charge is 0.496 e. The summed E-state index contributed by atoms with van der Waals surface area (Å²) in [5.41, 5.74) is 2.22. The summed E-state index contributed by atoms with van der Waals surface area (Å²) < 4.78 is 5.17. The van der Waals surface area contributed by atoms with Crippen LogP contribution in [0.4, 0.5) is 0 Å². The smallest absolute Gasteiger partial charge is 0.234 e. The first-order valence-electron chi connectivity index (χ1n) is 5.44. The van der Waals surface area contributed by atoms with Gasteiger partial charge >= 0.3 is 0 Å². The van der Waals surface area contributed by atoms with Gasteiger partial charge in [0.1, 0.15) is 12.2 Å². The number of nitriles is 1. The second-order valence-electron chi connectivity index (χ2n) is 3.74. The lowest BCUT2D eigenvalue weighted by atomic mass is 10.1. The molecule has 17 heavy (non-hydrogen) atoms. The number of hydrogen-bond acceptors (Lipinski definition) is 3. The van der Waals surface area contributed by atoms with Crippen molar-refractivity contribution in [2.45, 2.75) is 19.8 Å². The fraction of sp³-hybridized carbons (Fsp3) is 0.385. The van der Waals surface area contributed by atoms with Crippen molar-refractivity contribution < 1.29 is 9.53 Å². The SMILES string of the molecule is COc1ccc(CCNC(=O)CC#N)cc1C. The van der Waals surface area contributed by atoms with E-state index in [1.807, 2.05) is 31.2 Å². The van der Waals surface area contributed by atoms with Crippen LogP contribution in [0.15, 0.2) is 18.2 Å². The molecule has 0 spiro atoms. The highest BCUT2D eigenvalue weighted by molar-refractivity contribution is 5.77. The molecule has 0 saturated heterocycles. The molecule has 0 unspecified atom stereocenters. The van der Waals surface area contributed by atoms with Gasteiger partial charge in [0.25, 0.3) is 0 Å². The van der Waals surface area contributed by atoms with E-state index >= 15 is 0 Å². The molecule has 1 amide bonds. The highest BCUT2D eigenvalue weighted by Crippen LogP contribution is 2.18. The molecule has 0 saturated carbocycles. The highest BCUT2D eigenvalue weighted by atomic mass is 16.5. The van der Waals surface area contributed by atoms with Crippen LogP contribution in [0.25, 0.3) is 0 Å². The maximum atomic E-state index is 11.0. The van der Waals surface area contributed by atoms with E-state index in [9.17, 15) is 4.79 Å². The lowest BCUT2D eigenvalue weighted by molar-refractivity contribution is -0.120.